The zero-order valence-corrected chi connectivity index (χ0v) is 12.3. The number of nitrogens with zero attached hydrogens (tertiary/aromatic N) is 3. The Balaban J connectivity index is 1.56. The Morgan fingerprint density at radius 2 is 2.10 bits per heavy atom. The number of hydrogen-bond donors (Lipinski definition) is 0. The van der Waals surface area contributed by atoms with Crippen molar-refractivity contribution < 1.29 is 9.21 Å². The van der Waals surface area contributed by atoms with Gasteiger partial charge in [-0.25, -0.2) is 4.98 Å². The molecule has 1 aliphatic heterocycles. The Kier molecular flexibility index (Phi) is 4.10. The lowest BCUT2D eigenvalue weighted by Crippen LogP contribution is -2.49. The standard InChI is InChI=1S/C15H16ClN3O2/c16-12-2-1-3-14(8-12)18-4-6-19(7-5-18)15(20)9-13-10-21-11-17-13/h1-3,8,10-11H,4-7,9H2. The maximum atomic E-state index is 12.2. The fraction of sp³-hybridized carbons (Fsp3) is 0.333. The van der Waals surface area contributed by atoms with Crippen LogP contribution in [-0.2, 0) is 11.2 Å². The molecule has 0 radical (unpaired) electrons. The van der Waals surface area contributed by atoms with Crippen molar-refractivity contribution in [3.63, 3.8) is 0 Å². The fourth-order valence-electron chi connectivity index (χ4n) is 2.48. The van der Waals surface area contributed by atoms with Crippen LogP contribution in [-0.4, -0.2) is 42.0 Å². The van der Waals surface area contributed by atoms with Crippen LogP contribution in [0.1, 0.15) is 5.69 Å². The number of anilines is 1. The van der Waals surface area contributed by atoms with Crippen LogP contribution in [0.15, 0.2) is 41.3 Å². The van der Waals surface area contributed by atoms with Crippen molar-refractivity contribution in [1.82, 2.24) is 9.88 Å². The van der Waals surface area contributed by atoms with E-state index in [1.54, 1.807) is 0 Å². The Labute approximate surface area is 128 Å². The van der Waals surface area contributed by atoms with E-state index in [9.17, 15) is 4.79 Å². The molecular weight excluding hydrogens is 290 g/mol. The largest absolute Gasteiger partial charge is 0.451 e. The van der Waals surface area contributed by atoms with Crippen LogP contribution in [0.5, 0.6) is 0 Å². The lowest BCUT2D eigenvalue weighted by molar-refractivity contribution is -0.130. The molecule has 0 atom stereocenters. The van der Waals surface area contributed by atoms with Crippen LogP contribution in [0.25, 0.3) is 0 Å². The van der Waals surface area contributed by atoms with Crippen LogP contribution >= 0.6 is 11.6 Å². The summed E-state index contributed by atoms with van der Waals surface area (Å²) in [5, 5.41) is 0.733. The van der Waals surface area contributed by atoms with Gasteiger partial charge in [0.25, 0.3) is 0 Å². The molecule has 6 heteroatoms. The minimum absolute atomic E-state index is 0.0923. The Hall–Kier alpha value is -2.01. The molecular formula is C15H16ClN3O2. The third-order valence-corrected chi connectivity index (χ3v) is 3.86. The maximum Gasteiger partial charge on any atom is 0.228 e. The van der Waals surface area contributed by atoms with Gasteiger partial charge in [0.05, 0.1) is 12.1 Å². The molecule has 21 heavy (non-hydrogen) atoms. The Morgan fingerprint density at radius 3 is 2.76 bits per heavy atom. The van der Waals surface area contributed by atoms with E-state index in [-0.39, 0.29) is 5.91 Å². The average Bonchev–Trinajstić information content (AvgIpc) is 3.00. The van der Waals surface area contributed by atoms with Crippen LogP contribution in [0.3, 0.4) is 0 Å². The molecule has 2 aromatic rings. The van der Waals surface area contributed by atoms with Crippen molar-refractivity contribution in [3.05, 3.63) is 47.6 Å². The summed E-state index contributed by atoms with van der Waals surface area (Å²) in [4.78, 5) is 20.3. The monoisotopic (exact) mass is 305 g/mol. The molecule has 0 unspecified atom stereocenters. The van der Waals surface area contributed by atoms with E-state index in [1.807, 2.05) is 29.2 Å². The van der Waals surface area contributed by atoms with Gasteiger partial charge in [-0.15, -0.1) is 0 Å². The SMILES string of the molecule is O=C(Cc1cocn1)N1CCN(c2cccc(Cl)c2)CC1. The summed E-state index contributed by atoms with van der Waals surface area (Å²) in [5.74, 6) is 0.0923. The number of benzene rings is 1. The molecule has 0 spiro atoms. The van der Waals surface area contributed by atoms with E-state index in [4.69, 9.17) is 16.0 Å². The van der Waals surface area contributed by atoms with Crippen molar-refractivity contribution in [1.29, 1.82) is 0 Å². The van der Waals surface area contributed by atoms with Crippen molar-refractivity contribution in [2.45, 2.75) is 6.42 Å². The number of halogens is 1. The summed E-state index contributed by atoms with van der Waals surface area (Å²) in [6.45, 7) is 3.04. The van der Waals surface area contributed by atoms with Crippen molar-refractivity contribution >= 4 is 23.2 Å². The number of oxazole rings is 1. The van der Waals surface area contributed by atoms with E-state index in [0.29, 0.717) is 25.2 Å². The minimum Gasteiger partial charge on any atom is -0.451 e. The first-order valence-corrected chi connectivity index (χ1v) is 7.25. The van der Waals surface area contributed by atoms with Gasteiger partial charge in [0.15, 0.2) is 6.39 Å². The molecule has 3 rings (SSSR count). The predicted molar refractivity (Wildman–Crippen MR) is 80.5 cm³/mol. The zero-order valence-electron chi connectivity index (χ0n) is 11.5. The number of hydrogen-bond acceptors (Lipinski definition) is 4. The molecule has 1 amide bonds. The first-order chi connectivity index (χ1) is 10.2. The third-order valence-electron chi connectivity index (χ3n) is 3.62. The molecule has 2 heterocycles. The smallest absolute Gasteiger partial charge is 0.228 e. The molecule has 1 aliphatic rings. The maximum absolute atomic E-state index is 12.2. The molecule has 1 saturated heterocycles. The number of rotatable bonds is 3. The van der Waals surface area contributed by atoms with Gasteiger partial charge >= 0.3 is 0 Å². The number of piperazine rings is 1. The predicted octanol–water partition coefficient (Wildman–Crippen LogP) is 2.22. The second kappa shape index (κ2) is 6.18. The van der Waals surface area contributed by atoms with Gasteiger partial charge in [0.1, 0.15) is 6.26 Å². The summed E-state index contributed by atoms with van der Waals surface area (Å²) in [7, 11) is 0. The van der Waals surface area contributed by atoms with Crippen molar-refractivity contribution in [2.24, 2.45) is 0 Å². The highest BCUT2D eigenvalue weighted by Gasteiger charge is 2.22. The summed E-state index contributed by atoms with van der Waals surface area (Å²) < 4.78 is 4.89. The van der Waals surface area contributed by atoms with Gasteiger partial charge in [-0.05, 0) is 18.2 Å². The van der Waals surface area contributed by atoms with E-state index in [1.165, 1.54) is 12.7 Å². The van der Waals surface area contributed by atoms with E-state index >= 15 is 0 Å². The highest BCUT2D eigenvalue weighted by atomic mass is 35.5. The van der Waals surface area contributed by atoms with Crippen molar-refractivity contribution in [3.8, 4) is 0 Å². The lowest BCUT2D eigenvalue weighted by atomic mass is 10.2. The molecule has 1 fully saturated rings. The van der Waals surface area contributed by atoms with E-state index in [0.717, 1.165) is 23.8 Å². The second-order valence-electron chi connectivity index (χ2n) is 5.00. The number of carbonyl (C=O) groups excluding carboxylic acids is 1. The average molecular weight is 306 g/mol. The summed E-state index contributed by atoms with van der Waals surface area (Å²) >= 11 is 6.02. The van der Waals surface area contributed by atoms with Gasteiger partial charge in [0, 0.05) is 36.9 Å². The highest BCUT2D eigenvalue weighted by molar-refractivity contribution is 6.30. The van der Waals surface area contributed by atoms with Gasteiger partial charge in [0.2, 0.25) is 5.91 Å². The van der Waals surface area contributed by atoms with Crippen LogP contribution in [0.4, 0.5) is 5.69 Å². The van der Waals surface area contributed by atoms with Crippen LogP contribution < -0.4 is 4.90 Å². The Bertz CT molecular complexity index is 607. The quantitative estimate of drug-likeness (QED) is 0.872. The van der Waals surface area contributed by atoms with E-state index in [2.05, 4.69) is 9.88 Å². The molecule has 1 aromatic carbocycles. The molecule has 110 valence electrons. The molecule has 0 bridgehead atoms. The van der Waals surface area contributed by atoms with Gasteiger partial charge in [-0.2, -0.15) is 0 Å². The van der Waals surface area contributed by atoms with Gasteiger partial charge in [-0.3, -0.25) is 4.79 Å². The molecule has 0 N–H and O–H groups in total. The molecule has 0 saturated carbocycles. The van der Waals surface area contributed by atoms with E-state index < -0.39 is 0 Å². The second-order valence-corrected chi connectivity index (χ2v) is 5.44. The summed E-state index contributed by atoms with van der Waals surface area (Å²) in [5.41, 5.74) is 1.78. The number of carbonyl (C=O) groups is 1. The summed E-state index contributed by atoms with van der Waals surface area (Å²) in [6.07, 6.45) is 3.16. The third kappa shape index (κ3) is 3.36. The molecule has 5 nitrogen and oxygen atoms in total. The lowest BCUT2D eigenvalue weighted by Gasteiger charge is -2.36. The Morgan fingerprint density at radius 1 is 1.29 bits per heavy atom. The van der Waals surface area contributed by atoms with Gasteiger partial charge < -0.3 is 14.2 Å². The minimum atomic E-state index is 0.0923. The fourth-order valence-corrected chi connectivity index (χ4v) is 2.66. The first-order valence-electron chi connectivity index (χ1n) is 6.88. The first kappa shape index (κ1) is 13.9. The van der Waals surface area contributed by atoms with Crippen molar-refractivity contribution in [2.75, 3.05) is 31.1 Å². The molecule has 0 aliphatic carbocycles. The summed E-state index contributed by atoms with van der Waals surface area (Å²) in [6, 6.07) is 7.80. The zero-order chi connectivity index (χ0) is 14.7. The topological polar surface area (TPSA) is 49.6 Å². The highest BCUT2D eigenvalue weighted by Crippen LogP contribution is 2.20. The van der Waals surface area contributed by atoms with Gasteiger partial charge in [-0.1, -0.05) is 17.7 Å². The number of amides is 1. The number of aromatic nitrogens is 1. The normalized spacial score (nSPS) is 15.3. The van der Waals surface area contributed by atoms with Crippen LogP contribution in [0.2, 0.25) is 5.02 Å². The van der Waals surface area contributed by atoms with Crippen LogP contribution in [0, 0.1) is 0 Å². The molecule has 1 aromatic heterocycles.